The molecule has 1 N–H and O–H groups in total. The van der Waals surface area contributed by atoms with Crippen LogP contribution in [0, 0.1) is 6.92 Å². The van der Waals surface area contributed by atoms with E-state index in [1.54, 1.807) is 14.2 Å². The van der Waals surface area contributed by atoms with Gasteiger partial charge in [-0.05, 0) is 24.8 Å². The van der Waals surface area contributed by atoms with E-state index in [0.29, 0.717) is 5.92 Å². The SMILES string of the molecule is COCCNCC(CCOC)c1cccc(C)c1. The van der Waals surface area contributed by atoms with Gasteiger partial charge in [0.05, 0.1) is 6.61 Å². The Morgan fingerprint density at radius 2 is 1.94 bits per heavy atom. The molecule has 3 heteroatoms. The first-order chi connectivity index (χ1) is 8.77. The van der Waals surface area contributed by atoms with E-state index in [2.05, 4.69) is 36.5 Å². The Kier molecular flexibility index (Phi) is 7.65. The fraction of sp³-hybridized carbons (Fsp3) is 0.600. The molecule has 1 rings (SSSR count). The van der Waals surface area contributed by atoms with Crippen LogP contribution in [0.4, 0.5) is 0 Å². The molecule has 0 saturated carbocycles. The second kappa shape index (κ2) is 9.09. The lowest BCUT2D eigenvalue weighted by Gasteiger charge is -2.18. The Hall–Kier alpha value is -0.900. The molecule has 1 atom stereocenters. The molecule has 0 bridgehead atoms. The standard InChI is InChI=1S/C15H25NO2/c1-13-5-4-6-14(11-13)15(7-9-17-2)12-16-8-10-18-3/h4-6,11,15-16H,7-10,12H2,1-3H3. The summed E-state index contributed by atoms with van der Waals surface area (Å²) in [6, 6.07) is 8.72. The van der Waals surface area contributed by atoms with Gasteiger partial charge in [0.15, 0.2) is 0 Å². The quantitative estimate of drug-likeness (QED) is 0.683. The first-order valence-corrected chi connectivity index (χ1v) is 6.53. The van der Waals surface area contributed by atoms with E-state index in [0.717, 1.165) is 32.7 Å². The van der Waals surface area contributed by atoms with Crippen LogP contribution in [0.15, 0.2) is 24.3 Å². The molecular weight excluding hydrogens is 226 g/mol. The topological polar surface area (TPSA) is 30.5 Å². The Morgan fingerprint density at radius 1 is 1.17 bits per heavy atom. The molecule has 0 aliphatic carbocycles. The Labute approximate surface area is 110 Å². The maximum absolute atomic E-state index is 5.20. The zero-order chi connectivity index (χ0) is 13.2. The molecule has 0 aliphatic heterocycles. The average Bonchev–Trinajstić information content (AvgIpc) is 2.38. The number of methoxy groups -OCH3 is 2. The largest absolute Gasteiger partial charge is 0.385 e. The van der Waals surface area contributed by atoms with Crippen molar-refractivity contribution in [3.8, 4) is 0 Å². The van der Waals surface area contributed by atoms with Crippen molar-refractivity contribution < 1.29 is 9.47 Å². The Balaban J connectivity index is 2.54. The van der Waals surface area contributed by atoms with E-state index in [9.17, 15) is 0 Å². The highest BCUT2D eigenvalue weighted by Crippen LogP contribution is 2.20. The van der Waals surface area contributed by atoms with Gasteiger partial charge in [-0.15, -0.1) is 0 Å². The molecule has 0 fully saturated rings. The van der Waals surface area contributed by atoms with E-state index in [1.807, 2.05) is 0 Å². The predicted molar refractivity (Wildman–Crippen MR) is 75.2 cm³/mol. The maximum atomic E-state index is 5.20. The van der Waals surface area contributed by atoms with E-state index in [4.69, 9.17) is 9.47 Å². The van der Waals surface area contributed by atoms with Gasteiger partial charge in [-0.3, -0.25) is 0 Å². The van der Waals surface area contributed by atoms with Crippen LogP contribution in [0.2, 0.25) is 0 Å². The van der Waals surface area contributed by atoms with Gasteiger partial charge in [0.1, 0.15) is 0 Å². The summed E-state index contributed by atoms with van der Waals surface area (Å²) >= 11 is 0. The summed E-state index contributed by atoms with van der Waals surface area (Å²) in [5.41, 5.74) is 2.70. The third-order valence-corrected chi connectivity index (χ3v) is 3.06. The van der Waals surface area contributed by atoms with Crippen LogP contribution in [-0.4, -0.2) is 40.5 Å². The zero-order valence-electron chi connectivity index (χ0n) is 11.7. The lowest BCUT2D eigenvalue weighted by Crippen LogP contribution is -2.25. The molecule has 0 spiro atoms. The molecule has 0 aromatic heterocycles. The van der Waals surface area contributed by atoms with Crippen molar-refractivity contribution in [1.29, 1.82) is 0 Å². The van der Waals surface area contributed by atoms with E-state index in [-0.39, 0.29) is 0 Å². The lowest BCUT2D eigenvalue weighted by atomic mass is 9.94. The van der Waals surface area contributed by atoms with Crippen molar-refractivity contribution in [1.82, 2.24) is 5.32 Å². The molecule has 0 amide bonds. The second-order valence-corrected chi connectivity index (χ2v) is 4.59. The number of hydrogen-bond donors (Lipinski definition) is 1. The molecule has 3 nitrogen and oxygen atoms in total. The van der Waals surface area contributed by atoms with E-state index >= 15 is 0 Å². The summed E-state index contributed by atoms with van der Waals surface area (Å²) in [5, 5.41) is 3.43. The smallest absolute Gasteiger partial charge is 0.0587 e. The molecule has 0 radical (unpaired) electrons. The third-order valence-electron chi connectivity index (χ3n) is 3.06. The first-order valence-electron chi connectivity index (χ1n) is 6.53. The van der Waals surface area contributed by atoms with Crippen molar-refractivity contribution in [2.24, 2.45) is 0 Å². The summed E-state index contributed by atoms with van der Waals surface area (Å²) in [5.74, 6) is 0.502. The molecule has 102 valence electrons. The summed E-state index contributed by atoms with van der Waals surface area (Å²) < 4.78 is 10.2. The van der Waals surface area contributed by atoms with Crippen LogP contribution in [0.3, 0.4) is 0 Å². The summed E-state index contributed by atoms with van der Waals surface area (Å²) in [7, 11) is 3.48. The van der Waals surface area contributed by atoms with Crippen LogP contribution in [-0.2, 0) is 9.47 Å². The fourth-order valence-electron chi connectivity index (χ4n) is 2.02. The van der Waals surface area contributed by atoms with E-state index in [1.165, 1.54) is 11.1 Å². The van der Waals surface area contributed by atoms with Crippen molar-refractivity contribution in [3.63, 3.8) is 0 Å². The van der Waals surface area contributed by atoms with Gasteiger partial charge in [0.25, 0.3) is 0 Å². The predicted octanol–water partition coefficient (Wildman–Crippen LogP) is 2.35. The molecule has 1 aromatic rings. The highest BCUT2D eigenvalue weighted by atomic mass is 16.5. The number of benzene rings is 1. The molecule has 18 heavy (non-hydrogen) atoms. The molecule has 0 aliphatic rings. The van der Waals surface area contributed by atoms with Crippen LogP contribution >= 0.6 is 0 Å². The normalized spacial score (nSPS) is 12.6. The van der Waals surface area contributed by atoms with Crippen LogP contribution in [0.5, 0.6) is 0 Å². The van der Waals surface area contributed by atoms with Gasteiger partial charge in [-0.2, -0.15) is 0 Å². The van der Waals surface area contributed by atoms with Gasteiger partial charge in [0.2, 0.25) is 0 Å². The van der Waals surface area contributed by atoms with Gasteiger partial charge in [-0.1, -0.05) is 29.8 Å². The lowest BCUT2D eigenvalue weighted by molar-refractivity contribution is 0.183. The van der Waals surface area contributed by atoms with Crippen molar-refractivity contribution >= 4 is 0 Å². The minimum absolute atomic E-state index is 0.502. The molecule has 0 heterocycles. The number of ether oxygens (including phenoxy) is 2. The second-order valence-electron chi connectivity index (χ2n) is 4.59. The van der Waals surface area contributed by atoms with Gasteiger partial charge in [0, 0.05) is 33.9 Å². The zero-order valence-corrected chi connectivity index (χ0v) is 11.7. The molecular formula is C15H25NO2. The summed E-state index contributed by atoms with van der Waals surface area (Å²) in [4.78, 5) is 0. The van der Waals surface area contributed by atoms with Crippen molar-refractivity contribution in [2.45, 2.75) is 19.3 Å². The van der Waals surface area contributed by atoms with Crippen molar-refractivity contribution in [2.75, 3.05) is 40.5 Å². The maximum Gasteiger partial charge on any atom is 0.0587 e. The van der Waals surface area contributed by atoms with Gasteiger partial charge in [-0.25, -0.2) is 0 Å². The highest BCUT2D eigenvalue weighted by molar-refractivity contribution is 5.25. The number of hydrogen-bond acceptors (Lipinski definition) is 3. The average molecular weight is 251 g/mol. The van der Waals surface area contributed by atoms with E-state index < -0.39 is 0 Å². The van der Waals surface area contributed by atoms with Gasteiger partial charge < -0.3 is 14.8 Å². The van der Waals surface area contributed by atoms with Crippen LogP contribution in [0.25, 0.3) is 0 Å². The fourth-order valence-corrected chi connectivity index (χ4v) is 2.02. The summed E-state index contributed by atoms with van der Waals surface area (Å²) in [6.45, 7) is 5.55. The molecule has 1 aromatic carbocycles. The number of rotatable bonds is 9. The number of aryl methyl sites for hydroxylation is 1. The third kappa shape index (κ3) is 5.63. The Morgan fingerprint density at radius 3 is 2.61 bits per heavy atom. The molecule has 0 saturated heterocycles. The minimum Gasteiger partial charge on any atom is -0.385 e. The highest BCUT2D eigenvalue weighted by Gasteiger charge is 2.11. The monoisotopic (exact) mass is 251 g/mol. The Bertz CT molecular complexity index is 328. The minimum atomic E-state index is 0.502. The molecule has 1 unspecified atom stereocenters. The van der Waals surface area contributed by atoms with Crippen LogP contribution < -0.4 is 5.32 Å². The van der Waals surface area contributed by atoms with Crippen molar-refractivity contribution in [3.05, 3.63) is 35.4 Å². The first kappa shape index (κ1) is 15.2. The van der Waals surface area contributed by atoms with Crippen LogP contribution in [0.1, 0.15) is 23.5 Å². The summed E-state index contributed by atoms with van der Waals surface area (Å²) in [6.07, 6.45) is 1.04. The number of nitrogens with one attached hydrogen (secondary N) is 1. The van der Waals surface area contributed by atoms with Gasteiger partial charge >= 0.3 is 0 Å².